The molecule has 0 atom stereocenters. The number of nitrogens with one attached hydrogen (secondary N) is 2. The maximum absolute atomic E-state index is 13.0. The SMILES string of the molecule is COc1cc2c(cc1NC(=O)c1[nH]c(C)c(C(=O)OC(C)C)c1C)oc1ccccc12. The number of esters is 1. The average molecular weight is 420 g/mol. The minimum absolute atomic E-state index is 0.252. The fourth-order valence-electron chi connectivity index (χ4n) is 3.76. The number of carbonyl (C=O) groups is 2. The Morgan fingerprint density at radius 2 is 1.81 bits per heavy atom. The molecule has 0 spiro atoms. The number of methoxy groups -OCH3 is 1. The number of fused-ring (bicyclic) bond motifs is 3. The number of ether oxygens (including phenoxy) is 2. The standard InChI is InChI=1S/C24H24N2O5/c1-12(2)30-24(28)21-13(3)22(25-14(21)4)23(27)26-17-11-19-16(10-20(17)29-5)15-8-6-7-9-18(15)31-19/h6-12,25H,1-5H3,(H,26,27). The molecule has 4 aromatic rings. The molecule has 0 aliphatic carbocycles. The first kappa shape index (κ1) is 20.5. The Bertz CT molecular complexity index is 1310. The van der Waals surface area contributed by atoms with E-state index >= 15 is 0 Å². The first-order valence-electron chi connectivity index (χ1n) is 10.0. The molecule has 0 saturated carbocycles. The van der Waals surface area contributed by atoms with Gasteiger partial charge in [-0.2, -0.15) is 0 Å². The van der Waals surface area contributed by atoms with Crippen molar-refractivity contribution in [3.63, 3.8) is 0 Å². The zero-order chi connectivity index (χ0) is 22.3. The van der Waals surface area contributed by atoms with Gasteiger partial charge in [-0.05, 0) is 45.4 Å². The van der Waals surface area contributed by atoms with Gasteiger partial charge in [0, 0.05) is 22.5 Å². The van der Waals surface area contributed by atoms with Gasteiger partial charge in [0.15, 0.2) is 0 Å². The van der Waals surface area contributed by atoms with E-state index in [1.807, 2.05) is 30.3 Å². The third kappa shape index (κ3) is 3.63. The summed E-state index contributed by atoms with van der Waals surface area (Å²) >= 11 is 0. The molecule has 2 aromatic heterocycles. The first-order chi connectivity index (χ1) is 14.8. The fourth-order valence-corrected chi connectivity index (χ4v) is 3.76. The molecule has 0 fully saturated rings. The third-order valence-corrected chi connectivity index (χ3v) is 5.16. The van der Waals surface area contributed by atoms with Gasteiger partial charge >= 0.3 is 5.97 Å². The van der Waals surface area contributed by atoms with Gasteiger partial charge in [0.25, 0.3) is 5.91 Å². The number of aromatic amines is 1. The van der Waals surface area contributed by atoms with Crippen LogP contribution in [0.15, 0.2) is 40.8 Å². The van der Waals surface area contributed by atoms with E-state index in [1.54, 1.807) is 40.9 Å². The quantitative estimate of drug-likeness (QED) is 0.424. The molecule has 0 unspecified atom stereocenters. The predicted octanol–water partition coefficient (Wildman–Crippen LogP) is 5.36. The third-order valence-electron chi connectivity index (χ3n) is 5.16. The largest absolute Gasteiger partial charge is 0.495 e. The molecule has 0 radical (unpaired) electrons. The summed E-state index contributed by atoms with van der Waals surface area (Å²) in [5.74, 6) is -0.340. The molecule has 2 heterocycles. The number of aromatic nitrogens is 1. The number of anilines is 1. The number of amides is 1. The van der Waals surface area contributed by atoms with Crippen LogP contribution >= 0.6 is 0 Å². The number of hydrogen-bond donors (Lipinski definition) is 2. The van der Waals surface area contributed by atoms with Crippen LogP contribution in [0.4, 0.5) is 5.69 Å². The zero-order valence-corrected chi connectivity index (χ0v) is 18.1. The number of hydrogen-bond acceptors (Lipinski definition) is 5. The van der Waals surface area contributed by atoms with Crippen molar-refractivity contribution in [1.29, 1.82) is 0 Å². The number of H-pyrrole nitrogens is 1. The van der Waals surface area contributed by atoms with Crippen LogP contribution in [0, 0.1) is 13.8 Å². The number of carbonyl (C=O) groups excluding carboxylic acids is 2. The summed E-state index contributed by atoms with van der Waals surface area (Å²) in [5, 5.41) is 4.74. The topological polar surface area (TPSA) is 93.6 Å². The van der Waals surface area contributed by atoms with E-state index in [0.29, 0.717) is 39.5 Å². The Labute approximate surface area is 179 Å². The zero-order valence-electron chi connectivity index (χ0n) is 18.1. The molecule has 0 bridgehead atoms. The van der Waals surface area contributed by atoms with E-state index in [-0.39, 0.29) is 6.10 Å². The van der Waals surface area contributed by atoms with E-state index in [2.05, 4.69) is 10.3 Å². The molecule has 0 saturated heterocycles. The van der Waals surface area contributed by atoms with Crippen LogP contribution in [0.2, 0.25) is 0 Å². The number of aryl methyl sites for hydroxylation is 1. The summed E-state index contributed by atoms with van der Waals surface area (Å²) in [6, 6.07) is 11.3. The van der Waals surface area contributed by atoms with E-state index in [4.69, 9.17) is 13.9 Å². The van der Waals surface area contributed by atoms with E-state index in [9.17, 15) is 9.59 Å². The molecule has 4 rings (SSSR count). The molecule has 2 N–H and O–H groups in total. The monoisotopic (exact) mass is 420 g/mol. The molecule has 1 amide bonds. The van der Waals surface area contributed by atoms with Crippen LogP contribution in [0.25, 0.3) is 21.9 Å². The Kier molecular flexibility index (Phi) is 5.19. The lowest BCUT2D eigenvalue weighted by Crippen LogP contribution is -2.15. The summed E-state index contributed by atoms with van der Waals surface area (Å²) in [7, 11) is 1.54. The minimum atomic E-state index is -0.457. The van der Waals surface area contributed by atoms with E-state index in [0.717, 1.165) is 16.4 Å². The second kappa shape index (κ2) is 7.83. The highest BCUT2D eigenvalue weighted by Crippen LogP contribution is 2.36. The number of rotatable bonds is 5. The van der Waals surface area contributed by atoms with Crippen LogP contribution in [0.5, 0.6) is 5.75 Å². The van der Waals surface area contributed by atoms with Crippen LogP contribution in [0.1, 0.15) is 46.0 Å². The number of para-hydroxylation sites is 1. The summed E-state index contributed by atoms with van der Waals surface area (Å²) in [5.41, 5.74) is 3.64. The Balaban J connectivity index is 1.70. The lowest BCUT2D eigenvalue weighted by atomic mass is 10.1. The van der Waals surface area contributed by atoms with E-state index < -0.39 is 11.9 Å². The van der Waals surface area contributed by atoms with E-state index in [1.165, 1.54) is 0 Å². The maximum Gasteiger partial charge on any atom is 0.340 e. The average Bonchev–Trinajstić information content (AvgIpc) is 3.22. The van der Waals surface area contributed by atoms with Crippen molar-refractivity contribution in [2.45, 2.75) is 33.8 Å². The first-order valence-corrected chi connectivity index (χ1v) is 10.0. The summed E-state index contributed by atoms with van der Waals surface area (Å²) in [6.07, 6.45) is -0.252. The summed E-state index contributed by atoms with van der Waals surface area (Å²) < 4.78 is 16.7. The van der Waals surface area contributed by atoms with Crippen molar-refractivity contribution in [1.82, 2.24) is 4.98 Å². The molecular weight excluding hydrogens is 396 g/mol. The number of benzene rings is 2. The van der Waals surface area contributed by atoms with Gasteiger partial charge in [0.1, 0.15) is 22.6 Å². The lowest BCUT2D eigenvalue weighted by molar-refractivity contribution is 0.0376. The predicted molar refractivity (Wildman–Crippen MR) is 119 cm³/mol. The van der Waals surface area contributed by atoms with Crippen molar-refractivity contribution in [3.8, 4) is 5.75 Å². The highest BCUT2D eigenvalue weighted by molar-refractivity contribution is 6.10. The van der Waals surface area contributed by atoms with Gasteiger partial charge in [-0.15, -0.1) is 0 Å². The van der Waals surface area contributed by atoms with Gasteiger partial charge in [-0.3, -0.25) is 4.79 Å². The van der Waals surface area contributed by atoms with Gasteiger partial charge in [0.2, 0.25) is 0 Å². The smallest absolute Gasteiger partial charge is 0.340 e. The second-order valence-electron chi connectivity index (χ2n) is 7.68. The molecule has 7 nitrogen and oxygen atoms in total. The van der Waals surface area contributed by atoms with Gasteiger partial charge in [-0.1, -0.05) is 18.2 Å². The maximum atomic E-state index is 13.0. The van der Waals surface area contributed by atoms with Crippen molar-refractivity contribution in [2.24, 2.45) is 0 Å². The normalized spacial score (nSPS) is 11.3. The van der Waals surface area contributed by atoms with Crippen molar-refractivity contribution in [2.75, 3.05) is 12.4 Å². The molecule has 2 aromatic carbocycles. The Morgan fingerprint density at radius 1 is 1.06 bits per heavy atom. The van der Waals surface area contributed by atoms with Crippen LogP contribution in [0.3, 0.4) is 0 Å². The van der Waals surface area contributed by atoms with Crippen LogP contribution in [-0.4, -0.2) is 30.1 Å². The molecular formula is C24H24N2O5. The van der Waals surface area contributed by atoms with Crippen LogP contribution in [-0.2, 0) is 4.74 Å². The lowest BCUT2D eigenvalue weighted by Gasteiger charge is -2.11. The Hall–Kier alpha value is -3.74. The minimum Gasteiger partial charge on any atom is -0.495 e. The second-order valence-corrected chi connectivity index (χ2v) is 7.68. The van der Waals surface area contributed by atoms with Gasteiger partial charge < -0.3 is 24.2 Å². The molecule has 0 aliphatic heterocycles. The van der Waals surface area contributed by atoms with Crippen LogP contribution < -0.4 is 10.1 Å². The molecule has 0 aliphatic rings. The highest BCUT2D eigenvalue weighted by atomic mass is 16.5. The fraction of sp³-hybridized carbons (Fsp3) is 0.250. The molecule has 7 heteroatoms. The molecule has 160 valence electrons. The van der Waals surface area contributed by atoms with Crippen molar-refractivity contribution >= 4 is 39.5 Å². The molecule has 31 heavy (non-hydrogen) atoms. The van der Waals surface area contributed by atoms with Crippen molar-refractivity contribution in [3.05, 3.63) is 58.9 Å². The van der Waals surface area contributed by atoms with Crippen molar-refractivity contribution < 1.29 is 23.5 Å². The highest BCUT2D eigenvalue weighted by Gasteiger charge is 2.24. The summed E-state index contributed by atoms with van der Waals surface area (Å²) in [4.78, 5) is 28.5. The Morgan fingerprint density at radius 3 is 2.52 bits per heavy atom. The van der Waals surface area contributed by atoms with Gasteiger partial charge in [0.05, 0.1) is 24.5 Å². The summed E-state index contributed by atoms with van der Waals surface area (Å²) in [6.45, 7) is 7.02. The van der Waals surface area contributed by atoms with Gasteiger partial charge in [-0.25, -0.2) is 4.79 Å². The number of furan rings is 1.